The second-order valence-electron chi connectivity index (χ2n) is 6.32. The van der Waals surface area contributed by atoms with E-state index in [1.807, 2.05) is 28.5 Å². The quantitative estimate of drug-likeness (QED) is 0.464. The highest BCUT2D eigenvalue weighted by atomic mass is 32.2. The minimum Gasteiger partial charge on any atom is -0.461 e. The van der Waals surface area contributed by atoms with Crippen molar-refractivity contribution in [1.82, 2.24) is 19.7 Å². The van der Waals surface area contributed by atoms with Crippen molar-refractivity contribution >= 4 is 29.0 Å². The number of carbonyl (C=O) groups is 1. The monoisotopic (exact) mass is 400 g/mol. The zero-order valence-corrected chi connectivity index (χ0v) is 16.6. The van der Waals surface area contributed by atoms with Gasteiger partial charge in [-0.2, -0.15) is 0 Å². The number of hydrogen-bond donors (Lipinski definition) is 0. The van der Waals surface area contributed by atoms with E-state index < -0.39 is 0 Å². The van der Waals surface area contributed by atoms with Crippen molar-refractivity contribution in [1.29, 1.82) is 0 Å². The van der Waals surface area contributed by atoms with E-state index >= 15 is 0 Å². The lowest BCUT2D eigenvalue weighted by Crippen LogP contribution is -2.39. The van der Waals surface area contributed by atoms with Gasteiger partial charge in [0.2, 0.25) is 11.7 Å². The van der Waals surface area contributed by atoms with Gasteiger partial charge in [0, 0.05) is 24.5 Å². The molecule has 0 spiro atoms. The fraction of sp³-hybridized carbons (Fsp3) is 0.316. The lowest BCUT2D eigenvalue weighted by Gasteiger charge is -2.29. The van der Waals surface area contributed by atoms with Crippen LogP contribution in [0.25, 0.3) is 11.6 Å². The number of furan rings is 1. The molecule has 0 fully saturated rings. The summed E-state index contributed by atoms with van der Waals surface area (Å²) in [6.07, 6.45) is 4.33. The minimum absolute atomic E-state index is 0.129. The van der Waals surface area contributed by atoms with Crippen LogP contribution in [0.1, 0.15) is 17.4 Å². The molecule has 27 heavy (non-hydrogen) atoms. The number of amides is 1. The van der Waals surface area contributed by atoms with Crippen LogP contribution in [0.2, 0.25) is 0 Å². The van der Waals surface area contributed by atoms with E-state index in [1.165, 1.54) is 22.2 Å². The van der Waals surface area contributed by atoms with Gasteiger partial charge in [-0.3, -0.25) is 9.36 Å². The highest BCUT2D eigenvalue weighted by Gasteiger charge is 2.27. The fourth-order valence-electron chi connectivity index (χ4n) is 3.16. The van der Waals surface area contributed by atoms with Crippen LogP contribution in [-0.4, -0.2) is 37.4 Å². The molecule has 1 unspecified atom stereocenters. The number of thioether (sulfide) groups is 1. The van der Waals surface area contributed by atoms with Crippen LogP contribution >= 0.6 is 23.1 Å². The first kappa shape index (κ1) is 18.1. The summed E-state index contributed by atoms with van der Waals surface area (Å²) in [5, 5.41) is 11.1. The summed E-state index contributed by atoms with van der Waals surface area (Å²) in [7, 11) is 0. The van der Waals surface area contributed by atoms with E-state index in [0.29, 0.717) is 29.8 Å². The molecule has 1 aliphatic heterocycles. The van der Waals surface area contributed by atoms with Gasteiger partial charge in [0.1, 0.15) is 0 Å². The van der Waals surface area contributed by atoms with E-state index in [9.17, 15) is 4.79 Å². The number of hydrogen-bond acceptors (Lipinski definition) is 6. The molecule has 3 aromatic rings. The molecule has 3 aromatic heterocycles. The van der Waals surface area contributed by atoms with Crippen LogP contribution in [0, 0.1) is 0 Å². The zero-order chi connectivity index (χ0) is 18.8. The number of fused-ring (bicyclic) bond motifs is 1. The van der Waals surface area contributed by atoms with Gasteiger partial charge in [0.25, 0.3) is 0 Å². The Hall–Kier alpha value is -2.32. The van der Waals surface area contributed by atoms with Crippen LogP contribution in [0.3, 0.4) is 0 Å². The Morgan fingerprint density at radius 2 is 2.37 bits per heavy atom. The number of allylic oxidation sites excluding steroid dienone is 1. The SMILES string of the molecule is C=CCn1c(SC(C)C(=O)N2CCc3sccc3C2)nnc1-c1ccco1. The molecule has 4 heterocycles. The van der Waals surface area contributed by atoms with Crippen molar-refractivity contribution in [3.63, 3.8) is 0 Å². The number of nitrogens with zero attached hydrogens (tertiary/aromatic N) is 4. The summed E-state index contributed by atoms with van der Waals surface area (Å²) < 4.78 is 7.38. The fourth-order valence-corrected chi connectivity index (χ4v) is 4.99. The highest BCUT2D eigenvalue weighted by Crippen LogP contribution is 2.30. The standard InChI is InChI=1S/C19H20N4O2S2/c1-3-8-23-17(15-5-4-10-25-15)20-21-19(23)27-13(2)18(24)22-9-6-16-14(12-22)7-11-26-16/h3-5,7,10-11,13H,1,6,8-9,12H2,2H3. The molecular weight excluding hydrogens is 380 g/mol. The predicted octanol–water partition coefficient (Wildman–Crippen LogP) is 3.85. The van der Waals surface area contributed by atoms with Gasteiger partial charge < -0.3 is 9.32 Å². The average molecular weight is 401 g/mol. The van der Waals surface area contributed by atoms with Crippen LogP contribution in [0.15, 0.2) is 52.1 Å². The number of aromatic nitrogens is 3. The summed E-state index contributed by atoms with van der Waals surface area (Å²) in [6, 6.07) is 5.78. The van der Waals surface area contributed by atoms with Gasteiger partial charge in [-0.25, -0.2) is 0 Å². The maximum atomic E-state index is 13.0. The first-order valence-electron chi connectivity index (χ1n) is 8.76. The lowest BCUT2D eigenvalue weighted by molar-refractivity contribution is -0.131. The van der Waals surface area contributed by atoms with E-state index in [1.54, 1.807) is 23.7 Å². The number of rotatable bonds is 6. The molecule has 0 saturated carbocycles. The summed E-state index contributed by atoms with van der Waals surface area (Å²) in [5.74, 6) is 1.42. The van der Waals surface area contributed by atoms with Crippen LogP contribution in [0.4, 0.5) is 0 Å². The molecular formula is C19H20N4O2S2. The van der Waals surface area contributed by atoms with Gasteiger partial charge in [0.05, 0.1) is 11.5 Å². The normalized spacial score (nSPS) is 14.8. The molecule has 0 aliphatic carbocycles. The van der Waals surface area contributed by atoms with E-state index in [0.717, 1.165) is 13.0 Å². The topological polar surface area (TPSA) is 64.2 Å². The second-order valence-corrected chi connectivity index (χ2v) is 8.63. The van der Waals surface area contributed by atoms with Crippen molar-refractivity contribution in [3.05, 3.63) is 52.9 Å². The maximum absolute atomic E-state index is 13.0. The van der Waals surface area contributed by atoms with E-state index in [-0.39, 0.29) is 11.2 Å². The molecule has 0 bridgehead atoms. The molecule has 6 nitrogen and oxygen atoms in total. The van der Waals surface area contributed by atoms with E-state index in [2.05, 4.69) is 28.2 Å². The predicted molar refractivity (Wildman–Crippen MR) is 107 cm³/mol. The Kier molecular flexibility index (Phi) is 5.18. The molecule has 8 heteroatoms. The molecule has 1 aliphatic rings. The molecule has 140 valence electrons. The highest BCUT2D eigenvalue weighted by molar-refractivity contribution is 8.00. The third-order valence-electron chi connectivity index (χ3n) is 4.52. The Labute approximate surface area is 165 Å². The molecule has 0 N–H and O–H groups in total. The van der Waals surface area contributed by atoms with Crippen LogP contribution in [0.5, 0.6) is 0 Å². The Morgan fingerprint density at radius 3 is 3.15 bits per heavy atom. The van der Waals surface area contributed by atoms with Gasteiger partial charge in [0.15, 0.2) is 10.9 Å². The van der Waals surface area contributed by atoms with Gasteiger partial charge in [-0.1, -0.05) is 17.8 Å². The minimum atomic E-state index is -0.248. The molecule has 0 aromatic carbocycles. The molecule has 1 atom stereocenters. The molecule has 4 rings (SSSR count). The Bertz CT molecular complexity index is 945. The summed E-state index contributed by atoms with van der Waals surface area (Å²) in [5.41, 5.74) is 1.27. The Morgan fingerprint density at radius 1 is 1.48 bits per heavy atom. The van der Waals surface area contributed by atoms with Gasteiger partial charge >= 0.3 is 0 Å². The summed E-state index contributed by atoms with van der Waals surface area (Å²) in [4.78, 5) is 16.3. The third-order valence-corrected chi connectivity index (χ3v) is 6.61. The van der Waals surface area contributed by atoms with Crippen LogP contribution in [-0.2, 0) is 24.3 Å². The zero-order valence-electron chi connectivity index (χ0n) is 15.0. The van der Waals surface area contributed by atoms with E-state index in [4.69, 9.17) is 4.42 Å². The number of thiophene rings is 1. The maximum Gasteiger partial charge on any atom is 0.236 e. The smallest absolute Gasteiger partial charge is 0.236 e. The van der Waals surface area contributed by atoms with Crippen molar-refractivity contribution in [2.45, 2.75) is 36.8 Å². The first-order valence-corrected chi connectivity index (χ1v) is 10.5. The van der Waals surface area contributed by atoms with Crippen molar-refractivity contribution < 1.29 is 9.21 Å². The van der Waals surface area contributed by atoms with Crippen molar-refractivity contribution in [2.75, 3.05) is 6.54 Å². The third kappa shape index (κ3) is 3.59. The summed E-state index contributed by atoms with van der Waals surface area (Å²) in [6.45, 7) is 7.75. The molecule has 0 radical (unpaired) electrons. The largest absolute Gasteiger partial charge is 0.461 e. The lowest BCUT2D eigenvalue weighted by atomic mass is 10.1. The van der Waals surface area contributed by atoms with Gasteiger partial charge in [-0.15, -0.1) is 28.1 Å². The van der Waals surface area contributed by atoms with Gasteiger partial charge in [-0.05, 0) is 42.5 Å². The van der Waals surface area contributed by atoms with Crippen molar-refractivity contribution in [3.8, 4) is 11.6 Å². The Balaban J connectivity index is 1.50. The second kappa shape index (κ2) is 7.74. The van der Waals surface area contributed by atoms with Crippen LogP contribution < -0.4 is 0 Å². The van der Waals surface area contributed by atoms with Crippen molar-refractivity contribution in [2.24, 2.45) is 0 Å². The number of carbonyl (C=O) groups excluding carboxylic acids is 1. The molecule has 1 amide bonds. The molecule has 0 saturated heterocycles. The first-order chi connectivity index (χ1) is 13.2. The summed E-state index contributed by atoms with van der Waals surface area (Å²) >= 11 is 3.20. The average Bonchev–Trinajstić information content (AvgIpc) is 3.42.